The monoisotopic (exact) mass is 841 g/mol. The highest BCUT2D eigenvalue weighted by Gasteiger charge is 2.27. The Morgan fingerprint density at radius 1 is 0.586 bits per heavy atom. The zero-order valence-corrected chi connectivity index (χ0v) is 38.5. The predicted octanol–water partition coefficient (Wildman–Crippen LogP) is 12.9. The molecule has 10 heteroatoms. The third kappa shape index (κ3) is 41.4. The summed E-state index contributed by atoms with van der Waals surface area (Å²) in [6, 6.07) is -1.00. The molecular formula is C48H93N2O7P. The van der Waals surface area contributed by atoms with Crippen LogP contribution in [0.25, 0.3) is 0 Å². The number of rotatable bonds is 45. The second kappa shape index (κ2) is 43.8. The number of amides is 1. The van der Waals surface area contributed by atoms with Crippen molar-refractivity contribution in [3.63, 3.8) is 0 Å². The van der Waals surface area contributed by atoms with Gasteiger partial charge >= 0.3 is 7.82 Å². The summed E-state index contributed by atoms with van der Waals surface area (Å²) in [6.45, 7) is 3.96. The molecule has 0 rings (SSSR count). The van der Waals surface area contributed by atoms with Gasteiger partial charge in [-0.1, -0.05) is 211 Å². The van der Waals surface area contributed by atoms with Gasteiger partial charge in [0.1, 0.15) is 0 Å². The van der Waals surface area contributed by atoms with E-state index in [1.54, 1.807) is 6.08 Å². The van der Waals surface area contributed by atoms with E-state index in [1.165, 1.54) is 148 Å². The topological polar surface area (TPSA) is 151 Å². The molecule has 0 aromatic rings. The van der Waals surface area contributed by atoms with Gasteiger partial charge in [-0.25, -0.2) is 4.57 Å². The van der Waals surface area contributed by atoms with Crippen LogP contribution in [0.5, 0.6) is 0 Å². The van der Waals surface area contributed by atoms with E-state index in [0.717, 1.165) is 44.9 Å². The maximum atomic E-state index is 12.8. The standard InChI is InChI=1S/C48H93N2O7P/c1-3-5-7-9-11-13-15-17-19-21-23-25-27-29-31-33-35-37-39-45(51)43-48(53)50-46(44-57-58(54,55)56-42-41-49)47(52)40-38-36-34-32-30-28-26-24-22-20-18-16-14-12-10-8-6-4-2/h22,24,30,32,38,40,45-47,51-52H,3-21,23,25-29,31,33-37,39,41-44,49H2,1-2H3,(H,50,53)(H,54,55)/b24-22+,32-30+,40-38+. The van der Waals surface area contributed by atoms with Crippen molar-refractivity contribution in [2.24, 2.45) is 5.73 Å². The number of allylic oxidation sites excluding steroid dienone is 5. The Balaban J connectivity index is 4.30. The predicted molar refractivity (Wildman–Crippen MR) is 246 cm³/mol. The SMILES string of the molecule is CCCCCCCCCC/C=C/CC/C=C/CC/C=C/C(O)C(COP(=O)(O)OCCN)NC(=O)CC(O)CCCCCCCCCCCCCCCCCCCC. The van der Waals surface area contributed by atoms with Gasteiger partial charge in [0.15, 0.2) is 0 Å². The fourth-order valence-electron chi connectivity index (χ4n) is 7.09. The molecule has 4 unspecified atom stereocenters. The summed E-state index contributed by atoms with van der Waals surface area (Å²) in [6.07, 6.45) is 49.5. The second-order valence-corrected chi connectivity index (χ2v) is 18.0. The van der Waals surface area contributed by atoms with E-state index in [2.05, 4.69) is 43.5 Å². The van der Waals surface area contributed by atoms with Crippen molar-refractivity contribution in [3.8, 4) is 0 Å². The minimum absolute atomic E-state index is 0.0430. The maximum Gasteiger partial charge on any atom is 0.472 e. The van der Waals surface area contributed by atoms with Crippen LogP contribution in [0.2, 0.25) is 0 Å². The van der Waals surface area contributed by atoms with E-state index < -0.39 is 38.6 Å². The van der Waals surface area contributed by atoms with E-state index >= 15 is 0 Å². The first kappa shape index (κ1) is 56.7. The molecule has 0 bridgehead atoms. The van der Waals surface area contributed by atoms with Crippen molar-refractivity contribution < 1.29 is 33.5 Å². The molecule has 0 saturated carbocycles. The molecule has 342 valence electrons. The van der Waals surface area contributed by atoms with E-state index in [4.69, 9.17) is 14.8 Å². The average molecular weight is 841 g/mol. The van der Waals surface area contributed by atoms with Crippen LogP contribution in [0.15, 0.2) is 36.5 Å². The smallest absolute Gasteiger partial charge is 0.393 e. The fraction of sp³-hybridized carbons (Fsp3) is 0.854. The molecule has 0 aliphatic heterocycles. The second-order valence-electron chi connectivity index (χ2n) is 16.5. The van der Waals surface area contributed by atoms with Crippen LogP contribution < -0.4 is 11.1 Å². The molecule has 1 amide bonds. The van der Waals surface area contributed by atoms with Crippen molar-refractivity contribution in [1.82, 2.24) is 5.32 Å². The first-order chi connectivity index (χ1) is 28.3. The van der Waals surface area contributed by atoms with Crippen LogP contribution in [0.4, 0.5) is 0 Å². The lowest BCUT2D eigenvalue weighted by atomic mass is 10.0. The van der Waals surface area contributed by atoms with Crippen molar-refractivity contribution in [2.45, 2.75) is 244 Å². The maximum absolute atomic E-state index is 12.8. The number of nitrogens with one attached hydrogen (secondary N) is 1. The van der Waals surface area contributed by atoms with E-state index in [9.17, 15) is 24.5 Å². The molecule has 0 saturated heterocycles. The van der Waals surface area contributed by atoms with Gasteiger partial charge < -0.3 is 26.2 Å². The fourth-order valence-corrected chi connectivity index (χ4v) is 7.85. The van der Waals surface area contributed by atoms with Gasteiger partial charge in [0.25, 0.3) is 0 Å². The van der Waals surface area contributed by atoms with Gasteiger partial charge in [-0.05, 0) is 44.9 Å². The van der Waals surface area contributed by atoms with Gasteiger partial charge in [0.05, 0.1) is 37.9 Å². The van der Waals surface area contributed by atoms with Crippen LogP contribution >= 0.6 is 7.82 Å². The quantitative estimate of drug-likeness (QED) is 0.0231. The first-order valence-electron chi connectivity index (χ1n) is 24.2. The van der Waals surface area contributed by atoms with Crippen LogP contribution in [-0.4, -0.2) is 59.0 Å². The number of aliphatic hydroxyl groups excluding tert-OH is 2. The molecule has 58 heavy (non-hydrogen) atoms. The van der Waals surface area contributed by atoms with Gasteiger partial charge in [-0.2, -0.15) is 0 Å². The minimum Gasteiger partial charge on any atom is -0.393 e. The van der Waals surface area contributed by atoms with Crippen molar-refractivity contribution in [2.75, 3.05) is 19.8 Å². The molecule has 0 aromatic heterocycles. The number of carbonyl (C=O) groups excluding carboxylic acids is 1. The molecule has 0 fully saturated rings. The number of hydrogen-bond donors (Lipinski definition) is 5. The minimum atomic E-state index is -4.41. The molecule has 0 aliphatic carbocycles. The first-order valence-corrected chi connectivity index (χ1v) is 25.7. The van der Waals surface area contributed by atoms with E-state index in [-0.39, 0.29) is 19.6 Å². The number of unbranched alkanes of at least 4 members (excludes halogenated alkanes) is 27. The Hall–Kier alpha value is -1.32. The number of hydrogen-bond acceptors (Lipinski definition) is 7. The zero-order chi connectivity index (χ0) is 42.6. The zero-order valence-electron chi connectivity index (χ0n) is 37.7. The third-order valence-corrected chi connectivity index (χ3v) is 11.7. The number of nitrogens with two attached hydrogens (primary N) is 1. The number of phosphoric ester groups is 1. The Labute approximate surface area is 357 Å². The van der Waals surface area contributed by atoms with Gasteiger partial charge in [0.2, 0.25) is 5.91 Å². The number of phosphoric acid groups is 1. The van der Waals surface area contributed by atoms with Crippen LogP contribution in [0.3, 0.4) is 0 Å². The molecule has 4 atom stereocenters. The molecule has 0 aliphatic rings. The van der Waals surface area contributed by atoms with Crippen LogP contribution in [-0.2, 0) is 18.4 Å². The largest absolute Gasteiger partial charge is 0.472 e. The molecular weight excluding hydrogens is 748 g/mol. The highest BCUT2D eigenvalue weighted by molar-refractivity contribution is 7.47. The summed E-state index contributed by atoms with van der Waals surface area (Å²) < 4.78 is 22.1. The van der Waals surface area contributed by atoms with Crippen LogP contribution in [0.1, 0.15) is 226 Å². The summed E-state index contributed by atoms with van der Waals surface area (Å²) in [5.41, 5.74) is 5.37. The number of aliphatic hydroxyl groups is 2. The van der Waals surface area contributed by atoms with Crippen LogP contribution in [0, 0.1) is 0 Å². The molecule has 0 spiro atoms. The summed E-state index contributed by atoms with van der Waals surface area (Å²) >= 11 is 0. The highest BCUT2D eigenvalue weighted by Crippen LogP contribution is 2.43. The third-order valence-electron chi connectivity index (χ3n) is 10.8. The summed E-state index contributed by atoms with van der Waals surface area (Å²) in [4.78, 5) is 22.8. The number of carbonyl (C=O) groups is 1. The Bertz CT molecular complexity index is 1020. The van der Waals surface area contributed by atoms with Gasteiger partial charge in [-0.15, -0.1) is 0 Å². The van der Waals surface area contributed by atoms with Crippen molar-refractivity contribution in [1.29, 1.82) is 0 Å². The van der Waals surface area contributed by atoms with Gasteiger partial charge in [0, 0.05) is 6.54 Å². The molecule has 9 nitrogen and oxygen atoms in total. The molecule has 0 heterocycles. The Kier molecular flexibility index (Phi) is 42.8. The van der Waals surface area contributed by atoms with Crippen molar-refractivity contribution >= 4 is 13.7 Å². The lowest BCUT2D eigenvalue weighted by Gasteiger charge is -2.24. The van der Waals surface area contributed by atoms with Gasteiger partial charge in [-0.3, -0.25) is 13.8 Å². The molecule has 6 N–H and O–H groups in total. The average Bonchev–Trinajstić information content (AvgIpc) is 3.20. The van der Waals surface area contributed by atoms with E-state index in [1.807, 2.05) is 6.08 Å². The normalized spacial score (nSPS) is 14.8. The lowest BCUT2D eigenvalue weighted by Crippen LogP contribution is -2.46. The van der Waals surface area contributed by atoms with Crippen molar-refractivity contribution in [3.05, 3.63) is 36.5 Å². The summed E-state index contributed by atoms with van der Waals surface area (Å²) in [5, 5.41) is 24.1. The van der Waals surface area contributed by atoms with E-state index in [0.29, 0.717) is 12.8 Å². The summed E-state index contributed by atoms with van der Waals surface area (Å²) in [5.74, 6) is -0.457. The summed E-state index contributed by atoms with van der Waals surface area (Å²) in [7, 11) is -4.41. The highest BCUT2D eigenvalue weighted by atomic mass is 31.2. The molecule has 0 aromatic carbocycles. The Morgan fingerprint density at radius 2 is 0.983 bits per heavy atom. The lowest BCUT2D eigenvalue weighted by molar-refractivity contribution is -0.124. The Morgan fingerprint density at radius 3 is 1.43 bits per heavy atom. The molecule has 0 radical (unpaired) electrons.